The molecule has 2 saturated carbocycles. The number of carbonyl (C=O) groups is 1. The minimum absolute atomic E-state index is 0.139. The maximum absolute atomic E-state index is 12.0. The van der Waals surface area contributed by atoms with Crippen molar-refractivity contribution in [3.8, 4) is 0 Å². The first-order chi connectivity index (χ1) is 9.60. The van der Waals surface area contributed by atoms with Gasteiger partial charge in [-0.25, -0.2) is 0 Å². The molecule has 20 heavy (non-hydrogen) atoms. The van der Waals surface area contributed by atoms with Crippen LogP contribution in [0, 0.1) is 5.92 Å². The molecule has 0 aromatic rings. The normalized spacial score (nSPS) is 30.6. The first-order valence-electron chi connectivity index (χ1n) is 8.35. The predicted molar refractivity (Wildman–Crippen MR) is 82.4 cm³/mol. The van der Waals surface area contributed by atoms with Crippen molar-refractivity contribution in [2.45, 2.75) is 69.9 Å². The third-order valence-electron chi connectivity index (χ3n) is 5.48. The predicted octanol–water partition coefficient (Wildman–Crippen LogP) is 1.88. The molecule has 0 bridgehead atoms. The summed E-state index contributed by atoms with van der Waals surface area (Å²) in [6, 6.07) is 0.781. The van der Waals surface area contributed by atoms with Gasteiger partial charge in [0.15, 0.2) is 0 Å². The van der Waals surface area contributed by atoms with Crippen molar-refractivity contribution in [1.29, 1.82) is 0 Å². The van der Waals surface area contributed by atoms with Gasteiger partial charge in [-0.05, 0) is 64.6 Å². The summed E-state index contributed by atoms with van der Waals surface area (Å²) in [6.45, 7) is 4.12. The fourth-order valence-corrected chi connectivity index (χ4v) is 3.83. The minimum Gasteiger partial charge on any atom is -0.368 e. The molecule has 0 heterocycles. The van der Waals surface area contributed by atoms with E-state index in [-0.39, 0.29) is 5.91 Å². The number of primary amides is 1. The van der Waals surface area contributed by atoms with E-state index in [1.54, 1.807) is 0 Å². The molecule has 116 valence electrons. The molecule has 1 amide bonds. The van der Waals surface area contributed by atoms with Crippen LogP contribution in [-0.2, 0) is 4.79 Å². The van der Waals surface area contributed by atoms with E-state index in [0.717, 1.165) is 51.2 Å². The van der Waals surface area contributed by atoms with Crippen LogP contribution in [0.15, 0.2) is 0 Å². The number of amides is 1. The van der Waals surface area contributed by atoms with Gasteiger partial charge in [0.25, 0.3) is 0 Å². The van der Waals surface area contributed by atoms with Gasteiger partial charge in [-0.1, -0.05) is 19.8 Å². The summed E-state index contributed by atoms with van der Waals surface area (Å²) < 4.78 is 0. The third-order valence-corrected chi connectivity index (χ3v) is 5.48. The lowest BCUT2D eigenvalue weighted by Gasteiger charge is -2.38. The molecule has 3 N–H and O–H groups in total. The van der Waals surface area contributed by atoms with Gasteiger partial charge in [0.1, 0.15) is 5.54 Å². The number of nitrogens with two attached hydrogens (primary N) is 1. The Bertz CT molecular complexity index is 330. The number of carbonyl (C=O) groups excluding carboxylic acids is 1. The van der Waals surface area contributed by atoms with E-state index in [9.17, 15) is 4.79 Å². The van der Waals surface area contributed by atoms with Crippen molar-refractivity contribution in [3.63, 3.8) is 0 Å². The Labute approximate surface area is 123 Å². The highest BCUT2D eigenvalue weighted by Gasteiger charge is 2.46. The first-order valence-corrected chi connectivity index (χ1v) is 8.35. The Morgan fingerprint density at radius 1 is 1.35 bits per heavy atom. The van der Waals surface area contributed by atoms with Crippen LogP contribution in [0.1, 0.15) is 58.3 Å². The molecule has 0 radical (unpaired) electrons. The molecule has 4 nitrogen and oxygen atoms in total. The van der Waals surface area contributed by atoms with Gasteiger partial charge in [0.2, 0.25) is 5.91 Å². The molecule has 0 aromatic heterocycles. The standard InChI is InChI=1S/C16H31N3O/c1-3-11-18-16(15(17)20)10-5-6-13(16)9-12-19(2)14-7-4-8-14/h13-14,18H,3-12H2,1-2H3,(H2,17,20). The highest BCUT2D eigenvalue weighted by molar-refractivity contribution is 5.85. The Hall–Kier alpha value is -0.610. The van der Waals surface area contributed by atoms with Crippen molar-refractivity contribution >= 4 is 5.91 Å². The van der Waals surface area contributed by atoms with Gasteiger partial charge >= 0.3 is 0 Å². The zero-order valence-corrected chi connectivity index (χ0v) is 13.2. The molecule has 2 unspecified atom stereocenters. The summed E-state index contributed by atoms with van der Waals surface area (Å²) in [4.78, 5) is 14.5. The lowest BCUT2D eigenvalue weighted by Crippen LogP contribution is -2.58. The minimum atomic E-state index is -0.434. The van der Waals surface area contributed by atoms with Gasteiger partial charge in [-0.15, -0.1) is 0 Å². The number of nitrogens with one attached hydrogen (secondary N) is 1. The number of hydrogen-bond acceptors (Lipinski definition) is 3. The maximum atomic E-state index is 12.0. The van der Waals surface area contributed by atoms with Crippen LogP contribution in [0.3, 0.4) is 0 Å². The zero-order valence-electron chi connectivity index (χ0n) is 13.2. The van der Waals surface area contributed by atoms with Crippen molar-refractivity contribution in [2.24, 2.45) is 11.7 Å². The van der Waals surface area contributed by atoms with Crippen LogP contribution in [-0.4, -0.2) is 42.5 Å². The summed E-state index contributed by atoms with van der Waals surface area (Å²) in [7, 11) is 2.23. The fraction of sp³-hybridized carbons (Fsp3) is 0.938. The second-order valence-corrected chi connectivity index (χ2v) is 6.71. The van der Waals surface area contributed by atoms with E-state index in [1.165, 1.54) is 19.3 Å². The molecule has 0 saturated heterocycles. The second kappa shape index (κ2) is 6.90. The smallest absolute Gasteiger partial charge is 0.238 e. The monoisotopic (exact) mass is 281 g/mol. The van der Waals surface area contributed by atoms with Crippen molar-refractivity contribution < 1.29 is 4.79 Å². The SMILES string of the molecule is CCCNC1(C(N)=O)CCCC1CCN(C)C1CCC1. The van der Waals surface area contributed by atoms with E-state index in [1.807, 2.05) is 0 Å². The summed E-state index contributed by atoms with van der Waals surface area (Å²) in [5, 5.41) is 3.48. The van der Waals surface area contributed by atoms with Crippen LogP contribution >= 0.6 is 0 Å². The Morgan fingerprint density at radius 2 is 2.10 bits per heavy atom. The van der Waals surface area contributed by atoms with Crippen molar-refractivity contribution in [1.82, 2.24) is 10.2 Å². The number of nitrogens with zero attached hydrogens (tertiary/aromatic N) is 1. The largest absolute Gasteiger partial charge is 0.368 e. The third kappa shape index (κ3) is 3.17. The van der Waals surface area contributed by atoms with E-state index < -0.39 is 5.54 Å². The number of rotatable bonds is 8. The summed E-state index contributed by atoms with van der Waals surface area (Å²) in [5.41, 5.74) is 5.32. The highest BCUT2D eigenvalue weighted by atomic mass is 16.1. The van der Waals surface area contributed by atoms with Crippen LogP contribution in [0.25, 0.3) is 0 Å². The summed E-state index contributed by atoms with van der Waals surface area (Å²) >= 11 is 0. The molecular formula is C16H31N3O. The van der Waals surface area contributed by atoms with Gasteiger partial charge in [-0.3, -0.25) is 4.79 Å². The van der Waals surface area contributed by atoms with Crippen LogP contribution in [0.4, 0.5) is 0 Å². The molecule has 2 atom stereocenters. The molecule has 0 spiro atoms. The molecule has 2 aliphatic rings. The molecule has 2 rings (SSSR count). The Balaban J connectivity index is 1.91. The van der Waals surface area contributed by atoms with Crippen molar-refractivity contribution in [3.05, 3.63) is 0 Å². The molecule has 2 fully saturated rings. The highest BCUT2D eigenvalue weighted by Crippen LogP contribution is 2.38. The molecule has 4 heteroatoms. The van der Waals surface area contributed by atoms with Crippen LogP contribution in [0.2, 0.25) is 0 Å². The Kier molecular flexibility index (Phi) is 5.44. The second-order valence-electron chi connectivity index (χ2n) is 6.71. The molecule has 0 aromatic carbocycles. The molecule has 2 aliphatic carbocycles. The summed E-state index contributed by atoms with van der Waals surface area (Å²) in [6.07, 6.45) is 9.38. The van der Waals surface area contributed by atoms with E-state index in [2.05, 4.69) is 24.2 Å². The average Bonchev–Trinajstić information content (AvgIpc) is 2.76. The Morgan fingerprint density at radius 3 is 2.65 bits per heavy atom. The van der Waals surface area contributed by atoms with Gasteiger partial charge in [-0.2, -0.15) is 0 Å². The van der Waals surface area contributed by atoms with Gasteiger partial charge in [0, 0.05) is 6.04 Å². The maximum Gasteiger partial charge on any atom is 0.238 e. The average molecular weight is 281 g/mol. The van der Waals surface area contributed by atoms with Crippen LogP contribution < -0.4 is 11.1 Å². The van der Waals surface area contributed by atoms with E-state index in [4.69, 9.17) is 5.73 Å². The molecule has 0 aliphatic heterocycles. The lowest BCUT2D eigenvalue weighted by molar-refractivity contribution is -0.126. The van der Waals surface area contributed by atoms with Gasteiger partial charge in [0.05, 0.1) is 0 Å². The van der Waals surface area contributed by atoms with E-state index in [0.29, 0.717) is 5.92 Å². The zero-order chi connectivity index (χ0) is 14.6. The quantitative estimate of drug-likeness (QED) is 0.714. The van der Waals surface area contributed by atoms with Crippen LogP contribution in [0.5, 0.6) is 0 Å². The van der Waals surface area contributed by atoms with Crippen molar-refractivity contribution in [2.75, 3.05) is 20.1 Å². The van der Waals surface area contributed by atoms with E-state index >= 15 is 0 Å². The number of hydrogen-bond donors (Lipinski definition) is 2. The molecular weight excluding hydrogens is 250 g/mol. The first kappa shape index (κ1) is 15.8. The summed E-state index contributed by atoms with van der Waals surface area (Å²) in [5.74, 6) is 0.272. The topological polar surface area (TPSA) is 58.4 Å². The van der Waals surface area contributed by atoms with Gasteiger partial charge < -0.3 is 16.0 Å². The lowest BCUT2D eigenvalue weighted by atomic mass is 9.83. The fourth-order valence-electron chi connectivity index (χ4n) is 3.83.